The monoisotopic (exact) mass is 555 g/mol. The lowest BCUT2D eigenvalue weighted by molar-refractivity contribution is -0.158. The molecule has 7 nitrogen and oxygen atoms in total. The first-order valence-electron chi connectivity index (χ1n) is 12.9. The molecule has 0 bridgehead atoms. The van der Waals surface area contributed by atoms with Crippen LogP contribution in [0.3, 0.4) is 0 Å². The van der Waals surface area contributed by atoms with Crippen LogP contribution in [0.4, 0.5) is 5.82 Å². The van der Waals surface area contributed by atoms with E-state index in [0.29, 0.717) is 47.4 Å². The highest BCUT2D eigenvalue weighted by atomic mass is 35.5. The minimum Gasteiger partial charge on any atom is -0.459 e. The van der Waals surface area contributed by atoms with Crippen LogP contribution in [0, 0.1) is 0 Å². The number of nitrogens with two attached hydrogens (primary N) is 1. The number of hydrogen-bond acceptors (Lipinski definition) is 7. The van der Waals surface area contributed by atoms with E-state index in [4.69, 9.17) is 38.7 Å². The topological polar surface area (TPSA) is 102 Å². The Morgan fingerprint density at radius 1 is 1.16 bits per heavy atom. The van der Waals surface area contributed by atoms with Gasteiger partial charge in [0.05, 0.1) is 17.6 Å². The number of aromatic nitrogens is 2. The van der Waals surface area contributed by atoms with Crippen molar-refractivity contribution in [1.82, 2.24) is 20.6 Å². The Labute approximate surface area is 234 Å². The van der Waals surface area contributed by atoms with Crippen LogP contribution in [0.15, 0.2) is 48.7 Å². The summed E-state index contributed by atoms with van der Waals surface area (Å²) in [6.07, 6.45) is 4.53. The largest absolute Gasteiger partial charge is 0.459 e. The molecule has 0 spiro atoms. The summed E-state index contributed by atoms with van der Waals surface area (Å²) in [4.78, 5) is 21.7. The fraction of sp³-hybridized carbons (Fsp3) is 0.414. The average molecular weight is 557 g/mol. The summed E-state index contributed by atoms with van der Waals surface area (Å²) >= 11 is 12.7. The second kappa shape index (κ2) is 12.4. The van der Waals surface area contributed by atoms with Gasteiger partial charge in [0.15, 0.2) is 0 Å². The van der Waals surface area contributed by atoms with E-state index in [1.165, 1.54) is 0 Å². The Morgan fingerprint density at radius 2 is 1.89 bits per heavy atom. The molecule has 38 heavy (non-hydrogen) atoms. The molecule has 1 aliphatic heterocycles. The highest BCUT2D eigenvalue weighted by Crippen LogP contribution is 2.27. The van der Waals surface area contributed by atoms with Gasteiger partial charge in [0.25, 0.3) is 0 Å². The van der Waals surface area contributed by atoms with Crippen LogP contribution in [0.2, 0.25) is 10.0 Å². The van der Waals surface area contributed by atoms with Crippen molar-refractivity contribution in [3.63, 3.8) is 0 Å². The van der Waals surface area contributed by atoms with E-state index in [1.807, 2.05) is 51.1 Å². The van der Waals surface area contributed by atoms with Crippen molar-refractivity contribution < 1.29 is 9.53 Å². The summed E-state index contributed by atoms with van der Waals surface area (Å²) in [5.74, 6) is 0.209. The first-order valence-corrected chi connectivity index (χ1v) is 13.7. The fourth-order valence-electron chi connectivity index (χ4n) is 4.53. The van der Waals surface area contributed by atoms with Gasteiger partial charge in [-0.1, -0.05) is 47.5 Å². The van der Waals surface area contributed by atoms with Gasteiger partial charge < -0.3 is 21.1 Å². The molecule has 0 amide bonds. The molecule has 1 aliphatic rings. The number of carbonyl (C=O) groups excluding carboxylic acids is 1. The van der Waals surface area contributed by atoms with Gasteiger partial charge in [0.1, 0.15) is 17.5 Å². The zero-order chi connectivity index (χ0) is 27.3. The van der Waals surface area contributed by atoms with Gasteiger partial charge >= 0.3 is 5.97 Å². The molecule has 202 valence electrons. The summed E-state index contributed by atoms with van der Waals surface area (Å²) in [7, 11) is 0. The van der Waals surface area contributed by atoms with Crippen molar-refractivity contribution in [2.75, 3.05) is 12.3 Å². The smallest absolute Gasteiger partial charge is 0.323 e. The van der Waals surface area contributed by atoms with Crippen LogP contribution < -0.4 is 16.4 Å². The van der Waals surface area contributed by atoms with E-state index in [-0.39, 0.29) is 18.1 Å². The quantitative estimate of drug-likeness (QED) is 0.321. The molecule has 2 aromatic carbocycles. The third-order valence-corrected chi connectivity index (χ3v) is 7.17. The molecular weight excluding hydrogens is 521 g/mol. The molecule has 4 rings (SSSR count). The Morgan fingerprint density at radius 3 is 2.63 bits per heavy atom. The maximum Gasteiger partial charge on any atom is 0.323 e. The van der Waals surface area contributed by atoms with Crippen molar-refractivity contribution in [1.29, 1.82) is 0 Å². The molecule has 4 N–H and O–H groups in total. The number of nitrogen functional groups attached to an aromatic ring is 1. The number of piperidine rings is 1. The molecule has 0 radical (unpaired) electrons. The molecule has 1 saturated heterocycles. The lowest BCUT2D eigenvalue weighted by Gasteiger charge is -2.31. The number of esters is 1. The molecule has 1 aromatic heterocycles. The number of nitrogens with zero attached hydrogens (tertiary/aromatic N) is 2. The molecule has 9 heteroatoms. The van der Waals surface area contributed by atoms with Gasteiger partial charge in [0.2, 0.25) is 0 Å². The normalized spacial score (nSPS) is 17.8. The molecule has 1 unspecified atom stereocenters. The summed E-state index contributed by atoms with van der Waals surface area (Å²) in [6, 6.07) is 13.6. The van der Waals surface area contributed by atoms with Gasteiger partial charge in [-0.05, 0) is 82.3 Å². The second-order valence-corrected chi connectivity index (χ2v) is 11.4. The predicted octanol–water partition coefficient (Wildman–Crippen LogP) is 5.37. The average Bonchev–Trinajstić information content (AvgIpc) is 2.87. The number of carbonyl (C=O) groups is 1. The zero-order valence-electron chi connectivity index (χ0n) is 22.1. The van der Waals surface area contributed by atoms with Crippen molar-refractivity contribution in [2.45, 2.75) is 70.7 Å². The summed E-state index contributed by atoms with van der Waals surface area (Å²) < 4.78 is 5.56. The lowest BCUT2D eigenvalue weighted by Crippen LogP contribution is -2.51. The number of anilines is 1. The van der Waals surface area contributed by atoms with E-state index in [2.05, 4.69) is 27.8 Å². The first-order chi connectivity index (χ1) is 18.1. The number of hydrogen-bond donors (Lipinski definition) is 3. The van der Waals surface area contributed by atoms with Crippen molar-refractivity contribution in [3.8, 4) is 11.3 Å². The number of halogens is 2. The second-order valence-electron chi connectivity index (χ2n) is 10.6. The predicted molar refractivity (Wildman–Crippen MR) is 153 cm³/mol. The lowest BCUT2D eigenvalue weighted by atomic mass is 9.98. The van der Waals surface area contributed by atoms with Crippen molar-refractivity contribution >= 4 is 35.0 Å². The highest BCUT2D eigenvalue weighted by molar-refractivity contribution is 6.36. The Hall–Kier alpha value is -2.71. The molecule has 2 heterocycles. The van der Waals surface area contributed by atoms with Crippen LogP contribution in [0.5, 0.6) is 0 Å². The maximum absolute atomic E-state index is 12.5. The van der Waals surface area contributed by atoms with Gasteiger partial charge in [-0.25, -0.2) is 9.97 Å². The van der Waals surface area contributed by atoms with Gasteiger partial charge in [-0.3, -0.25) is 4.79 Å². The van der Waals surface area contributed by atoms with Crippen LogP contribution in [-0.2, 0) is 28.9 Å². The van der Waals surface area contributed by atoms with Crippen LogP contribution in [0.25, 0.3) is 11.3 Å². The molecule has 2 atom stereocenters. The highest BCUT2D eigenvalue weighted by Gasteiger charge is 2.30. The first kappa shape index (κ1) is 28.3. The SMILES string of the molecule is CC(C)(C)OC(=O)[C@@H]1CC(NCc2cccc(-c3cnc(N)c(CCc4c(Cl)cccc4Cl)n3)c2)CCN1. The van der Waals surface area contributed by atoms with E-state index in [9.17, 15) is 4.79 Å². The third kappa shape index (κ3) is 7.67. The van der Waals surface area contributed by atoms with Crippen LogP contribution in [-0.4, -0.2) is 40.2 Å². The Bertz CT molecular complexity index is 1260. The molecule has 0 saturated carbocycles. The summed E-state index contributed by atoms with van der Waals surface area (Å²) in [5, 5.41) is 8.15. The van der Waals surface area contributed by atoms with E-state index in [1.54, 1.807) is 6.20 Å². The van der Waals surface area contributed by atoms with Gasteiger partial charge in [-0.15, -0.1) is 0 Å². The van der Waals surface area contributed by atoms with E-state index >= 15 is 0 Å². The van der Waals surface area contributed by atoms with E-state index < -0.39 is 5.60 Å². The molecule has 3 aromatic rings. The molecule has 0 aliphatic carbocycles. The maximum atomic E-state index is 12.5. The van der Waals surface area contributed by atoms with Crippen molar-refractivity contribution in [3.05, 3.63) is 75.5 Å². The molecular formula is C29H35Cl2N5O2. The van der Waals surface area contributed by atoms with Gasteiger partial charge in [-0.2, -0.15) is 0 Å². The minimum absolute atomic E-state index is 0.194. The Kier molecular flexibility index (Phi) is 9.26. The Balaban J connectivity index is 1.39. The van der Waals surface area contributed by atoms with Crippen molar-refractivity contribution in [2.24, 2.45) is 0 Å². The third-order valence-electron chi connectivity index (χ3n) is 6.46. The standard InChI is InChI=1S/C29H35Cl2N5O2/c1-29(2,3)38-28(37)25-15-20(12-13-33-25)34-16-18-6-4-7-19(14-18)26-17-35-27(32)24(36-26)11-10-21-22(30)8-5-9-23(21)31/h4-9,14,17,20,25,33-34H,10-13,15-16H2,1-3H3,(H2,32,35)/t20?,25-/m0/s1. The van der Waals surface area contributed by atoms with E-state index in [0.717, 1.165) is 35.3 Å². The minimum atomic E-state index is -0.494. The zero-order valence-corrected chi connectivity index (χ0v) is 23.6. The number of ether oxygens (including phenoxy) is 1. The number of rotatable bonds is 8. The molecule has 1 fully saturated rings. The fourth-order valence-corrected chi connectivity index (χ4v) is 5.12. The number of benzene rings is 2. The van der Waals surface area contributed by atoms with Crippen LogP contribution in [0.1, 0.15) is 50.4 Å². The summed E-state index contributed by atoms with van der Waals surface area (Å²) in [5.41, 5.74) is 10.1. The number of aryl methyl sites for hydroxylation is 1. The summed E-state index contributed by atoms with van der Waals surface area (Å²) in [6.45, 7) is 7.11. The number of nitrogens with one attached hydrogen (secondary N) is 2. The van der Waals surface area contributed by atoms with Gasteiger partial charge in [0, 0.05) is 28.2 Å². The van der Waals surface area contributed by atoms with Crippen LogP contribution >= 0.6 is 23.2 Å².